The minimum absolute atomic E-state index is 0.0281. The van der Waals surface area contributed by atoms with E-state index in [0.29, 0.717) is 25.2 Å². The lowest BCUT2D eigenvalue weighted by Crippen LogP contribution is -2.33. The Hall–Kier alpha value is -2.67. The number of carbonyl (C=O) groups is 1. The summed E-state index contributed by atoms with van der Waals surface area (Å²) in [5, 5.41) is 3.71. The number of aromatic nitrogens is 2. The molecule has 1 aliphatic carbocycles. The molecule has 7 heteroatoms. The molecule has 4 rings (SSSR count). The van der Waals surface area contributed by atoms with Gasteiger partial charge in [0.1, 0.15) is 10.7 Å². The summed E-state index contributed by atoms with van der Waals surface area (Å²) >= 11 is 1.64. The number of aromatic amines is 1. The van der Waals surface area contributed by atoms with Crippen LogP contribution < -0.4 is 15.8 Å². The largest absolute Gasteiger partial charge is 0.373 e. The van der Waals surface area contributed by atoms with Crippen molar-refractivity contribution in [2.75, 3.05) is 25.0 Å². The Balaban J connectivity index is 1.31. The second-order valence-corrected chi connectivity index (χ2v) is 8.59. The molecule has 0 atom stereocenters. The molecule has 2 N–H and O–H groups in total. The SMILES string of the molecule is CN(CCNC(=O)CCc1nc2sc3c(c2c(=O)[nH]1)CCCC3)c1ccccc1. The van der Waals surface area contributed by atoms with Crippen LogP contribution in [0.25, 0.3) is 10.2 Å². The molecule has 0 unspecified atom stereocenters. The van der Waals surface area contributed by atoms with Crippen LogP contribution in [0.15, 0.2) is 35.1 Å². The Labute approximate surface area is 174 Å². The van der Waals surface area contributed by atoms with Gasteiger partial charge in [0.2, 0.25) is 5.91 Å². The van der Waals surface area contributed by atoms with E-state index in [0.717, 1.165) is 41.7 Å². The lowest BCUT2D eigenvalue weighted by molar-refractivity contribution is -0.121. The van der Waals surface area contributed by atoms with Crippen molar-refractivity contribution in [2.24, 2.45) is 0 Å². The topological polar surface area (TPSA) is 78.1 Å². The Bertz CT molecular complexity index is 1060. The number of nitrogens with one attached hydrogen (secondary N) is 2. The zero-order chi connectivity index (χ0) is 20.2. The van der Waals surface area contributed by atoms with Crippen molar-refractivity contribution in [2.45, 2.75) is 38.5 Å². The van der Waals surface area contributed by atoms with Gasteiger partial charge in [-0.15, -0.1) is 11.3 Å². The van der Waals surface area contributed by atoms with Gasteiger partial charge in [-0.1, -0.05) is 18.2 Å². The molecule has 6 nitrogen and oxygen atoms in total. The third-order valence-electron chi connectivity index (χ3n) is 5.43. The number of anilines is 1. The van der Waals surface area contributed by atoms with Crippen molar-refractivity contribution in [3.8, 4) is 0 Å². The van der Waals surface area contributed by atoms with Crippen molar-refractivity contribution in [3.05, 3.63) is 57.0 Å². The minimum atomic E-state index is -0.0608. The van der Waals surface area contributed by atoms with Crippen molar-refractivity contribution in [1.29, 1.82) is 0 Å². The fourth-order valence-corrected chi connectivity index (χ4v) is 5.10. The minimum Gasteiger partial charge on any atom is -0.373 e. The van der Waals surface area contributed by atoms with Gasteiger partial charge in [0.25, 0.3) is 5.56 Å². The van der Waals surface area contributed by atoms with Crippen LogP contribution in [0.1, 0.15) is 35.5 Å². The first-order chi connectivity index (χ1) is 14.1. The summed E-state index contributed by atoms with van der Waals surface area (Å²) in [6.07, 6.45) is 5.09. The summed E-state index contributed by atoms with van der Waals surface area (Å²) in [4.78, 5) is 36.5. The normalized spacial score (nSPS) is 13.3. The molecule has 1 aromatic carbocycles. The van der Waals surface area contributed by atoms with E-state index in [1.54, 1.807) is 11.3 Å². The van der Waals surface area contributed by atoms with Crippen molar-refractivity contribution < 1.29 is 4.79 Å². The number of thiophene rings is 1. The van der Waals surface area contributed by atoms with E-state index < -0.39 is 0 Å². The van der Waals surface area contributed by atoms with Crippen LogP contribution >= 0.6 is 11.3 Å². The third kappa shape index (κ3) is 4.50. The highest BCUT2D eigenvalue weighted by molar-refractivity contribution is 7.18. The molecule has 0 saturated carbocycles. The molecule has 0 spiro atoms. The molecule has 0 bridgehead atoms. The van der Waals surface area contributed by atoms with Gasteiger partial charge in [0.05, 0.1) is 5.39 Å². The second-order valence-electron chi connectivity index (χ2n) is 7.51. The highest BCUT2D eigenvalue weighted by Crippen LogP contribution is 2.33. The number of nitrogens with zero attached hydrogens (tertiary/aromatic N) is 2. The quantitative estimate of drug-likeness (QED) is 0.628. The Morgan fingerprint density at radius 1 is 1.24 bits per heavy atom. The van der Waals surface area contributed by atoms with Gasteiger partial charge in [-0.2, -0.15) is 0 Å². The summed E-state index contributed by atoms with van der Waals surface area (Å²) in [7, 11) is 2.01. The Kier molecular flexibility index (Phi) is 5.94. The summed E-state index contributed by atoms with van der Waals surface area (Å²) in [5.74, 6) is 0.567. The Morgan fingerprint density at radius 3 is 2.86 bits per heavy atom. The van der Waals surface area contributed by atoms with Crippen LogP contribution in [0, 0.1) is 0 Å². The average molecular weight is 411 g/mol. The van der Waals surface area contributed by atoms with Gasteiger partial charge in [0, 0.05) is 43.5 Å². The lowest BCUT2D eigenvalue weighted by Gasteiger charge is -2.19. The second kappa shape index (κ2) is 8.78. The van der Waals surface area contributed by atoms with Gasteiger partial charge in [-0.3, -0.25) is 9.59 Å². The average Bonchev–Trinajstić information content (AvgIpc) is 3.11. The first kappa shape index (κ1) is 19.6. The number of likely N-dealkylation sites (N-methyl/N-ethyl adjacent to an activating group) is 1. The van der Waals surface area contributed by atoms with Crippen LogP contribution in [-0.2, 0) is 24.1 Å². The molecule has 0 saturated heterocycles. The number of hydrogen-bond donors (Lipinski definition) is 2. The zero-order valence-electron chi connectivity index (χ0n) is 16.7. The van der Waals surface area contributed by atoms with Gasteiger partial charge >= 0.3 is 0 Å². The molecule has 152 valence electrons. The first-order valence-electron chi connectivity index (χ1n) is 10.2. The number of carbonyl (C=O) groups excluding carboxylic acids is 1. The van der Waals surface area contributed by atoms with Crippen LogP contribution in [0.4, 0.5) is 5.69 Å². The van der Waals surface area contributed by atoms with Crippen LogP contribution in [0.5, 0.6) is 0 Å². The van der Waals surface area contributed by atoms with E-state index in [2.05, 4.69) is 20.2 Å². The standard InChI is InChI=1S/C22H26N4O2S/c1-26(15-7-3-2-4-8-15)14-13-23-19(27)12-11-18-24-21(28)20-16-9-5-6-10-17(16)29-22(20)25-18/h2-4,7-8H,5-6,9-14H2,1H3,(H,23,27)(H,24,25,28). The van der Waals surface area contributed by atoms with Gasteiger partial charge in [0.15, 0.2) is 0 Å². The van der Waals surface area contributed by atoms with Crippen LogP contribution in [0.3, 0.4) is 0 Å². The van der Waals surface area contributed by atoms with E-state index in [4.69, 9.17) is 0 Å². The van der Waals surface area contributed by atoms with E-state index in [1.165, 1.54) is 16.9 Å². The molecule has 0 aliphatic heterocycles. The molecule has 0 radical (unpaired) electrons. The molecule has 3 aromatic rings. The summed E-state index contributed by atoms with van der Waals surface area (Å²) in [6, 6.07) is 10.1. The molecule has 1 amide bonds. The maximum Gasteiger partial charge on any atom is 0.259 e. The number of fused-ring (bicyclic) bond motifs is 3. The van der Waals surface area contributed by atoms with E-state index in [-0.39, 0.29) is 11.5 Å². The number of para-hydroxylation sites is 1. The van der Waals surface area contributed by atoms with Crippen molar-refractivity contribution in [1.82, 2.24) is 15.3 Å². The Morgan fingerprint density at radius 2 is 2.03 bits per heavy atom. The molecular formula is C22H26N4O2S. The summed E-state index contributed by atoms with van der Waals surface area (Å²) < 4.78 is 0. The van der Waals surface area contributed by atoms with E-state index >= 15 is 0 Å². The third-order valence-corrected chi connectivity index (χ3v) is 6.62. The molecule has 0 fully saturated rings. The maximum atomic E-state index is 12.6. The zero-order valence-corrected chi connectivity index (χ0v) is 17.5. The fourth-order valence-electron chi connectivity index (χ4n) is 3.82. The highest BCUT2D eigenvalue weighted by Gasteiger charge is 2.19. The molecule has 1 aliphatic rings. The fraction of sp³-hybridized carbons (Fsp3) is 0.409. The van der Waals surface area contributed by atoms with E-state index in [9.17, 15) is 9.59 Å². The van der Waals surface area contributed by atoms with Gasteiger partial charge in [-0.05, 0) is 43.4 Å². The van der Waals surface area contributed by atoms with Gasteiger partial charge in [-0.25, -0.2) is 4.98 Å². The summed E-state index contributed by atoms with van der Waals surface area (Å²) in [6.45, 7) is 1.31. The molecule has 2 heterocycles. The first-order valence-corrected chi connectivity index (χ1v) is 11.0. The molecule has 2 aromatic heterocycles. The summed E-state index contributed by atoms with van der Waals surface area (Å²) in [5.41, 5.74) is 2.25. The maximum absolute atomic E-state index is 12.6. The number of rotatable bonds is 7. The predicted octanol–water partition coefficient (Wildman–Crippen LogP) is 3.05. The number of H-pyrrole nitrogens is 1. The lowest BCUT2D eigenvalue weighted by atomic mass is 9.97. The van der Waals surface area contributed by atoms with Crippen molar-refractivity contribution >= 4 is 33.1 Å². The van der Waals surface area contributed by atoms with Crippen molar-refractivity contribution in [3.63, 3.8) is 0 Å². The number of benzene rings is 1. The smallest absolute Gasteiger partial charge is 0.259 e. The van der Waals surface area contributed by atoms with E-state index in [1.807, 2.05) is 37.4 Å². The monoisotopic (exact) mass is 410 g/mol. The number of amides is 1. The van der Waals surface area contributed by atoms with Crippen LogP contribution in [-0.4, -0.2) is 36.0 Å². The highest BCUT2D eigenvalue weighted by atomic mass is 32.1. The predicted molar refractivity (Wildman–Crippen MR) is 118 cm³/mol. The molecular weight excluding hydrogens is 384 g/mol. The number of hydrogen-bond acceptors (Lipinski definition) is 5. The van der Waals surface area contributed by atoms with Crippen LogP contribution in [0.2, 0.25) is 0 Å². The molecule has 29 heavy (non-hydrogen) atoms. The van der Waals surface area contributed by atoms with Gasteiger partial charge < -0.3 is 15.2 Å². The number of aryl methyl sites for hydroxylation is 3.